The molecule has 1 saturated heterocycles. The molecule has 1 aliphatic heterocycles. The summed E-state index contributed by atoms with van der Waals surface area (Å²) in [6, 6.07) is 25.0. The van der Waals surface area contributed by atoms with Crippen molar-refractivity contribution in [1.82, 2.24) is 20.4 Å². The van der Waals surface area contributed by atoms with E-state index in [4.69, 9.17) is 18.9 Å². The smallest absolute Gasteiger partial charge is 0.269 e. The molecule has 0 spiro atoms. The van der Waals surface area contributed by atoms with Gasteiger partial charge in [0.1, 0.15) is 30.3 Å². The zero-order valence-corrected chi connectivity index (χ0v) is 24.2. The Balaban J connectivity index is 1.13. The van der Waals surface area contributed by atoms with E-state index in [2.05, 4.69) is 20.3 Å². The van der Waals surface area contributed by atoms with Crippen molar-refractivity contribution in [2.75, 3.05) is 58.5 Å². The van der Waals surface area contributed by atoms with Gasteiger partial charge in [-0.3, -0.25) is 10.2 Å². The highest BCUT2D eigenvalue weighted by Crippen LogP contribution is 2.35. The summed E-state index contributed by atoms with van der Waals surface area (Å²) in [6.45, 7) is 3.42. The van der Waals surface area contributed by atoms with E-state index in [-0.39, 0.29) is 5.91 Å². The number of amides is 1. The van der Waals surface area contributed by atoms with Crippen LogP contribution >= 0.6 is 0 Å². The van der Waals surface area contributed by atoms with Gasteiger partial charge < -0.3 is 23.8 Å². The standard InChI is InChI=1S/C33H33N5O5/c1-40-18-19-42-31-21-27-26(20-30(31)41-2)32(35-22-34-27)37-14-16-38(17-15-37)36-33(39)25-11-5-6-12-29(25)43-28-13-7-9-23-8-3-4-10-24(23)28/h3-13,20-22H,14-19H2,1-2H3,(H,36,39). The van der Waals surface area contributed by atoms with E-state index in [9.17, 15) is 4.79 Å². The molecule has 5 aromatic rings. The van der Waals surface area contributed by atoms with Crippen LogP contribution < -0.4 is 24.5 Å². The van der Waals surface area contributed by atoms with Crippen LogP contribution in [0.2, 0.25) is 0 Å². The fraction of sp³-hybridized carbons (Fsp3) is 0.242. The van der Waals surface area contributed by atoms with E-state index in [0.717, 1.165) is 27.5 Å². The summed E-state index contributed by atoms with van der Waals surface area (Å²) in [4.78, 5) is 24.7. The van der Waals surface area contributed by atoms with Crippen molar-refractivity contribution in [3.63, 3.8) is 0 Å². The molecule has 1 aromatic heterocycles. The molecule has 220 valence electrons. The largest absolute Gasteiger partial charge is 0.493 e. The molecule has 0 bridgehead atoms. The van der Waals surface area contributed by atoms with Gasteiger partial charge in [0.2, 0.25) is 0 Å². The lowest BCUT2D eigenvalue weighted by Gasteiger charge is -2.35. The maximum atomic E-state index is 13.4. The van der Waals surface area contributed by atoms with E-state index in [1.165, 1.54) is 0 Å². The summed E-state index contributed by atoms with van der Waals surface area (Å²) < 4.78 is 22.8. The van der Waals surface area contributed by atoms with Gasteiger partial charge in [0.25, 0.3) is 5.91 Å². The number of benzene rings is 4. The predicted molar refractivity (Wildman–Crippen MR) is 165 cm³/mol. The summed E-state index contributed by atoms with van der Waals surface area (Å²) in [5.41, 5.74) is 4.29. The number of anilines is 1. The predicted octanol–water partition coefficient (Wildman–Crippen LogP) is 5.08. The van der Waals surface area contributed by atoms with Crippen molar-refractivity contribution in [3.8, 4) is 23.0 Å². The maximum Gasteiger partial charge on any atom is 0.269 e. The van der Waals surface area contributed by atoms with E-state index < -0.39 is 0 Å². The molecule has 0 radical (unpaired) electrons. The van der Waals surface area contributed by atoms with Crippen molar-refractivity contribution in [1.29, 1.82) is 0 Å². The molecular formula is C33H33N5O5. The van der Waals surface area contributed by atoms with Crippen molar-refractivity contribution < 1.29 is 23.7 Å². The van der Waals surface area contributed by atoms with Crippen molar-refractivity contribution in [2.24, 2.45) is 0 Å². The topological polar surface area (TPSA) is 98.3 Å². The second-order valence-corrected chi connectivity index (χ2v) is 10.0. The first-order valence-corrected chi connectivity index (χ1v) is 14.1. The molecule has 43 heavy (non-hydrogen) atoms. The average Bonchev–Trinajstić information content (AvgIpc) is 3.05. The lowest BCUT2D eigenvalue weighted by atomic mass is 10.1. The Kier molecular flexibility index (Phi) is 8.48. The monoisotopic (exact) mass is 579 g/mol. The maximum absolute atomic E-state index is 13.4. The van der Waals surface area contributed by atoms with Gasteiger partial charge in [-0.25, -0.2) is 15.0 Å². The number of nitrogens with zero attached hydrogens (tertiary/aromatic N) is 4. The van der Waals surface area contributed by atoms with Crippen LogP contribution in [0.1, 0.15) is 10.4 Å². The molecule has 1 N–H and O–H groups in total. The minimum absolute atomic E-state index is 0.220. The summed E-state index contributed by atoms with van der Waals surface area (Å²) >= 11 is 0. The average molecular weight is 580 g/mol. The van der Waals surface area contributed by atoms with Gasteiger partial charge in [-0.05, 0) is 29.7 Å². The van der Waals surface area contributed by atoms with Gasteiger partial charge >= 0.3 is 0 Å². The normalized spacial score (nSPS) is 13.7. The van der Waals surface area contributed by atoms with Crippen LogP contribution in [0.3, 0.4) is 0 Å². The minimum atomic E-state index is -0.220. The van der Waals surface area contributed by atoms with Crippen LogP contribution in [0.15, 0.2) is 85.2 Å². The van der Waals surface area contributed by atoms with Gasteiger partial charge in [0.15, 0.2) is 11.5 Å². The van der Waals surface area contributed by atoms with E-state index >= 15 is 0 Å². The molecule has 1 fully saturated rings. The molecule has 2 heterocycles. The van der Waals surface area contributed by atoms with Gasteiger partial charge in [0.05, 0.1) is 24.8 Å². The summed E-state index contributed by atoms with van der Waals surface area (Å²) in [6.07, 6.45) is 1.56. The molecule has 0 saturated carbocycles. The molecule has 0 unspecified atom stereocenters. The first-order valence-electron chi connectivity index (χ1n) is 14.1. The summed E-state index contributed by atoms with van der Waals surface area (Å²) in [7, 11) is 3.24. The first kappa shape index (κ1) is 28.2. The minimum Gasteiger partial charge on any atom is -0.493 e. The number of ether oxygens (including phenoxy) is 4. The number of nitrogens with one attached hydrogen (secondary N) is 1. The lowest BCUT2D eigenvalue weighted by Crippen LogP contribution is -2.53. The molecule has 10 heteroatoms. The number of fused-ring (bicyclic) bond motifs is 2. The van der Waals surface area contributed by atoms with Crippen LogP contribution in [-0.2, 0) is 4.74 Å². The van der Waals surface area contributed by atoms with Gasteiger partial charge in [-0.15, -0.1) is 0 Å². The third-order valence-electron chi connectivity index (χ3n) is 7.38. The third kappa shape index (κ3) is 6.15. The number of methoxy groups -OCH3 is 2. The molecular weight excluding hydrogens is 546 g/mol. The summed E-state index contributed by atoms with van der Waals surface area (Å²) in [5, 5.41) is 4.86. The fourth-order valence-corrected chi connectivity index (χ4v) is 5.19. The number of piperazine rings is 1. The summed E-state index contributed by atoms with van der Waals surface area (Å²) in [5.74, 6) is 3.01. The molecule has 10 nitrogen and oxygen atoms in total. The Labute approximate surface area is 249 Å². The van der Waals surface area contributed by atoms with Crippen LogP contribution in [-0.4, -0.2) is 74.5 Å². The second-order valence-electron chi connectivity index (χ2n) is 10.0. The Morgan fingerprint density at radius 3 is 2.40 bits per heavy atom. The van der Waals surface area contributed by atoms with E-state index in [1.54, 1.807) is 26.6 Å². The highest BCUT2D eigenvalue weighted by molar-refractivity contribution is 5.97. The number of carbonyl (C=O) groups is 1. The van der Waals surface area contributed by atoms with Crippen LogP contribution in [0, 0.1) is 0 Å². The van der Waals surface area contributed by atoms with Crippen molar-refractivity contribution in [3.05, 3.63) is 90.8 Å². The number of carbonyl (C=O) groups excluding carboxylic acids is 1. The molecule has 1 aliphatic rings. The van der Waals surface area contributed by atoms with Crippen LogP contribution in [0.4, 0.5) is 5.82 Å². The Morgan fingerprint density at radius 2 is 1.56 bits per heavy atom. The Bertz CT molecular complexity index is 1730. The molecule has 6 rings (SSSR count). The second kappa shape index (κ2) is 12.9. The quantitative estimate of drug-likeness (QED) is 0.227. The number of hydrogen-bond donors (Lipinski definition) is 1. The van der Waals surface area contributed by atoms with E-state index in [0.29, 0.717) is 68.0 Å². The van der Waals surface area contributed by atoms with Gasteiger partial charge in [0, 0.05) is 50.1 Å². The van der Waals surface area contributed by atoms with E-state index in [1.807, 2.05) is 77.8 Å². The zero-order chi connectivity index (χ0) is 29.6. The fourth-order valence-electron chi connectivity index (χ4n) is 5.19. The van der Waals surface area contributed by atoms with Crippen molar-refractivity contribution in [2.45, 2.75) is 0 Å². The molecule has 0 atom stereocenters. The van der Waals surface area contributed by atoms with Crippen LogP contribution in [0.25, 0.3) is 21.7 Å². The first-order chi connectivity index (χ1) is 21.1. The highest BCUT2D eigenvalue weighted by Gasteiger charge is 2.24. The third-order valence-corrected chi connectivity index (χ3v) is 7.38. The van der Waals surface area contributed by atoms with Crippen LogP contribution in [0.5, 0.6) is 23.0 Å². The number of para-hydroxylation sites is 1. The number of rotatable bonds is 10. The number of hydrogen-bond acceptors (Lipinski definition) is 9. The SMILES string of the molecule is COCCOc1cc2ncnc(N3CCN(NC(=O)c4ccccc4Oc4cccc5ccccc45)CC3)c2cc1OC. The highest BCUT2D eigenvalue weighted by atomic mass is 16.5. The number of hydrazine groups is 1. The lowest BCUT2D eigenvalue weighted by molar-refractivity contribution is 0.0775. The molecule has 1 amide bonds. The number of aromatic nitrogens is 2. The van der Waals surface area contributed by atoms with Gasteiger partial charge in [-0.1, -0.05) is 48.5 Å². The zero-order valence-electron chi connectivity index (χ0n) is 24.2. The molecule has 4 aromatic carbocycles. The Hall–Kier alpha value is -4.93. The van der Waals surface area contributed by atoms with Crippen molar-refractivity contribution >= 4 is 33.4 Å². The Morgan fingerprint density at radius 1 is 0.791 bits per heavy atom. The molecule has 0 aliphatic carbocycles. The van der Waals surface area contributed by atoms with Gasteiger partial charge in [-0.2, -0.15) is 0 Å².